The van der Waals surface area contributed by atoms with E-state index in [0.717, 1.165) is 17.7 Å². The van der Waals surface area contributed by atoms with Gasteiger partial charge in [0.15, 0.2) is 0 Å². The highest BCUT2D eigenvalue weighted by Gasteiger charge is 2.41. The molecule has 2 aromatic rings. The maximum absolute atomic E-state index is 13.1. The van der Waals surface area contributed by atoms with E-state index in [1.165, 1.54) is 0 Å². The van der Waals surface area contributed by atoms with E-state index >= 15 is 0 Å². The molecule has 0 atom stereocenters. The minimum Gasteiger partial charge on any atom is -0.351 e. The molecule has 0 unspecified atom stereocenters. The van der Waals surface area contributed by atoms with Crippen molar-refractivity contribution in [2.75, 3.05) is 16.8 Å². The van der Waals surface area contributed by atoms with E-state index in [4.69, 9.17) is 0 Å². The topological polar surface area (TPSA) is 78.5 Å². The highest BCUT2D eigenvalue weighted by atomic mass is 16.2. The SMILES string of the molecule is CCCCNC(=O)N1C(=O)/C(=C2\Nc3ccccc3C2=O)c2ccccc21. The number of urea groups is 1. The van der Waals surface area contributed by atoms with E-state index in [9.17, 15) is 14.4 Å². The lowest BCUT2D eigenvalue weighted by Crippen LogP contribution is -2.42. The average Bonchev–Trinajstić information content (AvgIpc) is 3.15. The van der Waals surface area contributed by atoms with Gasteiger partial charge in [-0.1, -0.05) is 43.7 Å². The summed E-state index contributed by atoms with van der Waals surface area (Å²) in [5.41, 5.74) is 2.72. The van der Waals surface area contributed by atoms with Crippen LogP contribution in [0.4, 0.5) is 16.2 Å². The number of nitrogens with zero attached hydrogens (tertiary/aromatic N) is 1. The Morgan fingerprint density at radius 1 is 1.04 bits per heavy atom. The molecular weight excluding hydrogens is 342 g/mol. The van der Waals surface area contributed by atoms with Gasteiger partial charge in [-0.3, -0.25) is 9.59 Å². The van der Waals surface area contributed by atoms with Gasteiger partial charge in [0.2, 0.25) is 5.78 Å². The zero-order chi connectivity index (χ0) is 19.0. The van der Waals surface area contributed by atoms with Gasteiger partial charge >= 0.3 is 6.03 Å². The Hall–Kier alpha value is -3.41. The fourth-order valence-corrected chi connectivity index (χ4v) is 3.40. The van der Waals surface area contributed by atoms with Gasteiger partial charge < -0.3 is 10.6 Å². The van der Waals surface area contributed by atoms with Crippen LogP contribution in [0.25, 0.3) is 5.57 Å². The summed E-state index contributed by atoms with van der Waals surface area (Å²) in [7, 11) is 0. The Bertz CT molecular complexity index is 994. The second-order valence-electron chi connectivity index (χ2n) is 6.49. The number of ketones is 1. The molecule has 0 saturated heterocycles. The minimum atomic E-state index is -0.492. The molecule has 0 radical (unpaired) electrons. The number of amides is 3. The molecule has 136 valence electrons. The van der Waals surface area contributed by atoms with Gasteiger partial charge in [-0.2, -0.15) is 0 Å². The van der Waals surface area contributed by atoms with Crippen molar-refractivity contribution in [2.24, 2.45) is 0 Å². The first-order chi connectivity index (χ1) is 13.1. The van der Waals surface area contributed by atoms with Crippen LogP contribution in [0.2, 0.25) is 0 Å². The van der Waals surface area contributed by atoms with Crippen molar-refractivity contribution in [3.05, 3.63) is 65.4 Å². The lowest BCUT2D eigenvalue weighted by molar-refractivity contribution is -0.112. The maximum Gasteiger partial charge on any atom is 0.329 e. The van der Waals surface area contributed by atoms with E-state index in [0.29, 0.717) is 29.0 Å². The fourth-order valence-electron chi connectivity index (χ4n) is 3.40. The van der Waals surface area contributed by atoms with Crippen molar-refractivity contribution >= 4 is 34.7 Å². The van der Waals surface area contributed by atoms with Gasteiger partial charge in [-0.15, -0.1) is 0 Å². The highest BCUT2D eigenvalue weighted by molar-refractivity contribution is 6.44. The summed E-state index contributed by atoms with van der Waals surface area (Å²) >= 11 is 0. The van der Waals surface area contributed by atoms with Crippen molar-refractivity contribution in [1.29, 1.82) is 0 Å². The largest absolute Gasteiger partial charge is 0.351 e. The first kappa shape index (κ1) is 17.0. The number of carbonyl (C=O) groups excluding carboxylic acids is 3. The Morgan fingerprint density at radius 2 is 1.74 bits per heavy atom. The number of allylic oxidation sites excluding steroid dienone is 1. The number of benzene rings is 2. The third-order valence-electron chi connectivity index (χ3n) is 4.75. The lowest BCUT2D eigenvalue weighted by atomic mass is 10.0. The number of anilines is 2. The van der Waals surface area contributed by atoms with Crippen LogP contribution >= 0.6 is 0 Å². The number of unbranched alkanes of at least 4 members (excludes halogenated alkanes) is 1. The van der Waals surface area contributed by atoms with Crippen LogP contribution in [-0.2, 0) is 4.79 Å². The Balaban J connectivity index is 1.77. The van der Waals surface area contributed by atoms with E-state index in [1.807, 2.05) is 13.0 Å². The Morgan fingerprint density at radius 3 is 2.48 bits per heavy atom. The zero-order valence-corrected chi connectivity index (χ0v) is 14.9. The second kappa shape index (κ2) is 6.72. The molecule has 6 heteroatoms. The molecule has 2 N–H and O–H groups in total. The number of hydrogen-bond donors (Lipinski definition) is 2. The molecule has 0 saturated carbocycles. The van der Waals surface area contributed by atoms with E-state index in [2.05, 4.69) is 10.6 Å². The highest BCUT2D eigenvalue weighted by Crippen LogP contribution is 2.41. The molecule has 0 fully saturated rings. The smallest absolute Gasteiger partial charge is 0.329 e. The zero-order valence-electron chi connectivity index (χ0n) is 14.9. The van der Waals surface area contributed by atoms with Crippen LogP contribution in [0.1, 0.15) is 35.7 Å². The molecule has 2 aliphatic heterocycles. The Labute approximate surface area is 156 Å². The summed E-state index contributed by atoms with van der Waals surface area (Å²) in [5.74, 6) is -0.731. The molecule has 2 heterocycles. The monoisotopic (exact) mass is 361 g/mol. The standard InChI is InChI=1S/C21H19N3O3/c1-2-3-12-22-21(27)24-16-11-7-5-9-14(16)17(20(24)26)18-19(25)13-8-4-6-10-15(13)23-18/h4-11,23H,2-3,12H2,1H3,(H,22,27)/b18-17-. The van der Waals surface area contributed by atoms with Crippen LogP contribution < -0.4 is 15.5 Å². The molecule has 0 aromatic heterocycles. The molecule has 27 heavy (non-hydrogen) atoms. The van der Waals surface area contributed by atoms with Crippen molar-refractivity contribution in [3.8, 4) is 0 Å². The van der Waals surface area contributed by atoms with Crippen LogP contribution in [-0.4, -0.2) is 24.3 Å². The quantitative estimate of drug-likeness (QED) is 0.647. The first-order valence-corrected chi connectivity index (χ1v) is 9.00. The van der Waals surface area contributed by atoms with Crippen LogP contribution in [0.5, 0.6) is 0 Å². The normalized spacial score (nSPS) is 17.6. The first-order valence-electron chi connectivity index (χ1n) is 9.00. The number of nitrogens with one attached hydrogen (secondary N) is 2. The summed E-state index contributed by atoms with van der Waals surface area (Å²) in [6, 6.07) is 13.7. The summed E-state index contributed by atoms with van der Waals surface area (Å²) in [5, 5.41) is 5.83. The van der Waals surface area contributed by atoms with E-state index < -0.39 is 11.9 Å². The summed E-state index contributed by atoms with van der Waals surface area (Å²) in [4.78, 5) is 39.7. The third kappa shape index (κ3) is 2.70. The molecule has 6 nitrogen and oxygen atoms in total. The molecular formula is C21H19N3O3. The van der Waals surface area contributed by atoms with Gasteiger partial charge in [0.05, 0.1) is 11.3 Å². The second-order valence-corrected chi connectivity index (χ2v) is 6.49. The van der Waals surface area contributed by atoms with Crippen LogP contribution in [0.15, 0.2) is 54.2 Å². The number of para-hydroxylation sites is 2. The van der Waals surface area contributed by atoms with Crippen LogP contribution in [0.3, 0.4) is 0 Å². The molecule has 3 amide bonds. The van der Waals surface area contributed by atoms with E-state index in [-0.39, 0.29) is 17.1 Å². The van der Waals surface area contributed by atoms with Crippen molar-refractivity contribution < 1.29 is 14.4 Å². The van der Waals surface area contributed by atoms with Crippen molar-refractivity contribution in [1.82, 2.24) is 5.32 Å². The number of hydrogen-bond acceptors (Lipinski definition) is 4. The van der Waals surface area contributed by atoms with Crippen LogP contribution in [0, 0.1) is 0 Å². The van der Waals surface area contributed by atoms with Gasteiger partial charge in [-0.25, -0.2) is 9.69 Å². The van der Waals surface area contributed by atoms with E-state index in [1.54, 1.807) is 42.5 Å². The number of fused-ring (bicyclic) bond motifs is 2. The molecule has 0 spiro atoms. The number of imide groups is 1. The summed E-state index contributed by atoms with van der Waals surface area (Å²) < 4.78 is 0. The Kier molecular flexibility index (Phi) is 4.24. The molecule has 2 aromatic carbocycles. The molecule has 0 bridgehead atoms. The van der Waals surface area contributed by atoms with Crippen molar-refractivity contribution in [2.45, 2.75) is 19.8 Å². The van der Waals surface area contributed by atoms with Gasteiger partial charge in [0.25, 0.3) is 5.91 Å². The van der Waals surface area contributed by atoms with Gasteiger partial charge in [0, 0.05) is 23.4 Å². The average molecular weight is 361 g/mol. The van der Waals surface area contributed by atoms with Gasteiger partial charge in [-0.05, 0) is 24.6 Å². The van der Waals surface area contributed by atoms with Gasteiger partial charge in [0.1, 0.15) is 5.70 Å². The molecule has 0 aliphatic carbocycles. The van der Waals surface area contributed by atoms with Crippen molar-refractivity contribution in [3.63, 3.8) is 0 Å². The molecule has 4 rings (SSSR count). The summed E-state index contributed by atoms with van der Waals surface area (Å²) in [6.45, 7) is 2.52. The third-order valence-corrected chi connectivity index (χ3v) is 4.75. The number of rotatable bonds is 3. The lowest BCUT2D eigenvalue weighted by Gasteiger charge is -2.16. The fraction of sp³-hybridized carbons (Fsp3) is 0.190. The summed E-state index contributed by atoms with van der Waals surface area (Å²) in [6.07, 6.45) is 1.77. The molecule has 2 aliphatic rings. The minimum absolute atomic E-state index is 0.220. The maximum atomic E-state index is 13.1. The predicted molar refractivity (Wildman–Crippen MR) is 104 cm³/mol. The number of Topliss-reactive ketones (excluding diaryl/α,β-unsaturated/α-hetero) is 1. The number of carbonyl (C=O) groups is 3. The predicted octanol–water partition coefficient (Wildman–Crippen LogP) is 3.56.